The van der Waals surface area contributed by atoms with Crippen molar-refractivity contribution in [3.8, 4) is 0 Å². The number of halogens is 1. The summed E-state index contributed by atoms with van der Waals surface area (Å²) in [6.07, 6.45) is 8.74. The van der Waals surface area contributed by atoms with E-state index in [1.807, 2.05) is 43.7 Å². The first kappa shape index (κ1) is 23.9. The Morgan fingerprint density at radius 1 is 1.18 bits per heavy atom. The number of aryl methyl sites for hydroxylation is 1. The number of aromatic nitrogens is 3. The van der Waals surface area contributed by atoms with Gasteiger partial charge < -0.3 is 9.99 Å². The van der Waals surface area contributed by atoms with Crippen molar-refractivity contribution in [3.05, 3.63) is 35.2 Å². The van der Waals surface area contributed by atoms with Crippen LogP contribution in [-0.2, 0) is 13.6 Å². The van der Waals surface area contributed by atoms with Crippen molar-refractivity contribution in [2.24, 2.45) is 17.9 Å². The van der Waals surface area contributed by atoms with Crippen molar-refractivity contribution < 1.29 is 0 Å². The summed E-state index contributed by atoms with van der Waals surface area (Å²) in [6.45, 7) is 8.91. The van der Waals surface area contributed by atoms with Crippen molar-refractivity contribution in [3.63, 3.8) is 0 Å². The molecule has 0 atom stereocenters. The number of hydrogen-bond donors (Lipinski definition) is 2. The van der Waals surface area contributed by atoms with Crippen LogP contribution in [0.3, 0.4) is 0 Å². The number of nitrogens with two attached hydrogens (primary N) is 1. The lowest BCUT2D eigenvalue weighted by atomic mass is 10.2. The Morgan fingerprint density at radius 2 is 1.86 bits per heavy atom. The van der Waals surface area contributed by atoms with Crippen LogP contribution in [0.5, 0.6) is 0 Å². The van der Waals surface area contributed by atoms with Gasteiger partial charge in [-0.2, -0.15) is 0 Å². The Kier molecular flexibility index (Phi) is 11.1. The Hall–Kier alpha value is -2.18. The second-order valence-electron chi connectivity index (χ2n) is 6.08. The molecule has 0 saturated heterocycles. The minimum absolute atomic E-state index is 0.442. The van der Waals surface area contributed by atoms with Crippen molar-refractivity contribution in [1.29, 1.82) is 0 Å². The standard InChI is InChI=1S/C13H13ClN6.C6H14.C2H6/c1-20-12(6-16-7-18-15)19-11-5-17-10-3-2-8(14)4-9(10)13(11)20;1-3-5-6-4-2;1-2/h2-5,7H,6,15H2,1H3,(H,16,18);3-6H2,1-2H3;1-2H3. The molecule has 0 spiro atoms. The van der Waals surface area contributed by atoms with Crippen LogP contribution in [0, 0.1) is 0 Å². The van der Waals surface area contributed by atoms with Gasteiger partial charge in [-0.1, -0.05) is 65.0 Å². The van der Waals surface area contributed by atoms with Gasteiger partial charge in [-0.05, 0) is 18.2 Å². The first-order chi connectivity index (χ1) is 13.6. The molecule has 0 aliphatic heterocycles. The molecule has 154 valence electrons. The van der Waals surface area contributed by atoms with E-state index in [0.717, 1.165) is 27.8 Å². The maximum Gasteiger partial charge on any atom is 0.131 e. The summed E-state index contributed by atoms with van der Waals surface area (Å²) in [5.41, 5.74) is 5.09. The zero-order valence-corrected chi connectivity index (χ0v) is 18.4. The van der Waals surface area contributed by atoms with Gasteiger partial charge in [0.15, 0.2) is 0 Å². The molecule has 28 heavy (non-hydrogen) atoms. The first-order valence-electron chi connectivity index (χ1n) is 9.96. The van der Waals surface area contributed by atoms with Crippen molar-refractivity contribution >= 4 is 39.9 Å². The summed E-state index contributed by atoms with van der Waals surface area (Å²) < 4.78 is 2.00. The first-order valence-corrected chi connectivity index (χ1v) is 10.3. The van der Waals surface area contributed by atoms with Gasteiger partial charge >= 0.3 is 0 Å². The molecule has 3 aromatic rings. The molecule has 6 nitrogen and oxygen atoms in total. The van der Waals surface area contributed by atoms with Crippen LogP contribution in [0.15, 0.2) is 29.4 Å². The lowest BCUT2D eigenvalue weighted by Gasteiger charge is -2.03. The van der Waals surface area contributed by atoms with Crippen LogP contribution in [0.4, 0.5) is 0 Å². The van der Waals surface area contributed by atoms with Gasteiger partial charge in [0.2, 0.25) is 0 Å². The van der Waals surface area contributed by atoms with E-state index in [1.54, 1.807) is 6.20 Å². The van der Waals surface area contributed by atoms with Crippen molar-refractivity contribution in [1.82, 2.24) is 20.0 Å². The number of fused-ring (bicyclic) bond motifs is 3. The van der Waals surface area contributed by atoms with Crippen LogP contribution in [0.1, 0.15) is 59.2 Å². The molecule has 2 aromatic heterocycles. The fourth-order valence-electron chi connectivity index (χ4n) is 2.74. The highest BCUT2D eigenvalue weighted by molar-refractivity contribution is 6.31. The largest absolute Gasteiger partial charge is 0.329 e. The van der Waals surface area contributed by atoms with Gasteiger partial charge in [-0.15, -0.1) is 0 Å². The summed E-state index contributed by atoms with van der Waals surface area (Å²) in [7, 11) is 1.95. The zero-order valence-electron chi connectivity index (χ0n) is 17.7. The number of imidazole rings is 1. The molecule has 7 heteroatoms. The topological polar surface area (TPSA) is 81.1 Å². The normalized spacial score (nSPS) is 10.5. The average Bonchev–Trinajstić information content (AvgIpc) is 3.04. The number of nitrogens with one attached hydrogen (secondary N) is 1. The summed E-state index contributed by atoms with van der Waals surface area (Å²) in [5, 5.41) is 1.66. The van der Waals surface area contributed by atoms with Crippen molar-refractivity contribution in [2.75, 3.05) is 0 Å². The molecule has 0 fully saturated rings. The van der Waals surface area contributed by atoms with Crippen LogP contribution < -0.4 is 11.3 Å². The number of nitrogens with zero attached hydrogens (tertiary/aromatic N) is 4. The molecule has 0 bridgehead atoms. The SMILES string of the molecule is CC.CCCCCC.Cn1c(CN=CNN)nc2cnc3ccc(Cl)cc3c21. The quantitative estimate of drug-likeness (QED) is 0.190. The molecule has 1 aromatic carbocycles. The highest BCUT2D eigenvalue weighted by Gasteiger charge is 2.11. The molecule has 0 amide bonds. The van der Waals surface area contributed by atoms with E-state index < -0.39 is 0 Å². The average molecular weight is 405 g/mol. The third-order valence-electron chi connectivity index (χ3n) is 4.11. The molecule has 0 aliphatic carbocycles. The lowest BCUT2D eigenvalue weighted by molar-refractivity contribution is 0.702. The zero-order chi connectivity index (χ0) is 20.9. The van der Waals surface area contributed by atoms with E-state index in [2.05, 4.69) is 34.2 Å². The maximum atomic E-state index is 6.08. The lowest BCUT2D eigenvalue weighted by Crippen LogP contribution is -2.19. The van der Waals surface area contributed by atoms with Gasteiger partial charge in [0, 0.05) is 17.5 Å². The fourth-order valence-corrected chi connectivity index (χ4v) is 2.91. The fraction of sp³-hybridized carbons (Fsp3) is 0.476. The van der Waals surface area contributed by atoms with Gasteiger partial charge in [0.25, 0.3) is 0 Å². The molecular weight excluding hydrogens is 372 g/mol. The van der Waals surface area contributed by atoms with Crippen LogP contribution in [0.25, 0.3) is 21.9 Å². The van der Waals surface area contributed by atoms with Crippen LogP contribution in [-0.4, -0.2) is 20.9 Å². The second kappa shape index (κ2) is 13.1. The van der Waals surface area contributed by atoms with Gasteiger partial charge in [-0.3, -0.25) is 9.98 Å². The minimum Gasteiger partial charge on any atom is -0.329 e. The number of benzene rings is 1. The molecule has 0 saturated carbocycles. The third kappa shape index (κ3) is 6.46. The number of pyridine rings is 1. The molecule has 0 aliphatic rings. The molecule has 2 heterocycles. The summed E-state index contributed by atoms with van der Waals surface area (Å²) >= 11 is 6.08. The van der Waals surface area contributed by atoms with E-state index >= 15 is 0 Å². The summed E-state index contributed by atoms with van der Waals surface area (Å²) in [4.78, 5) is 13.1. The molecular formula is C21H33ClN6. The highest BCUT2D eigenvalue weighted by Crippen LogP contribution is 2.26. The molecule has 0 radical (unpaired) electrons. The van der Waals surface area contributed by atoms with E-state index in [4.69, 9.17) is 17.4 Å². The van der Waals surface area contributed by atoms with E-state index in [-0.39, 0.29) is 0 Å². The number of hydrazine groups is 1. The molecule has 0 unspecified atom stereocenters. The van der Waals surface area contributed by atoms with E-state index in [0.29, 0.717) is 11.6 Å². The van der Waals surface area contributed by atoms with Crippen LogP contribution >= 0.6 is 11.6 Å². The second-order valence-corrected chi connectivity index (χ2v) is 6.52. The monoisotopic (exact) mass is 404 g/mol. The number of unbranched alkanes of at least 4 members (excludes halogenated alkanes) is 3. The maximum absolute atomic E-state index is 6.08. The summed E-state index contributed by atoms with van der Waals surface area (Å²) in [6, 6.07) is 5.64. The Morgan fingerprint density at radius 3 is 2.46 bits per heavy atom. The van der Waals surface area contributed by atoms with E-state index in [9.17, 15) is 0 Å². The molecule has 3 N–H and O–H groups in total. The van der Waals surface area contributed by atoms with Gasteiger partial charge in [0.05, 0.1) is 30.1 Å². The Bertz CT molecular complexity index is 868. The van der Waals surface area contributed by atoms with Crippen LogP contribution in [0.2, 0.25) is 5.02 Å². The van der Waals surface area contributed by atoms with Crippen molar-refractivity contribution in [2.45, 2.75) is 59.9 Å². The van der Waals surface area contributed by atoms with Gasteiger partial charge in [0.1, 0.15) is 11.3 Å². The highest BCUT2D eigenvalue weighted by atomic mass is 35.5. The van der Waals surface area contributed by atoms with Gasteiger partial charge in [-0.25, -0.2) is 10.8 Å². The molecule has 3 rings (SSSR count). The number of rotatable bonds is 6. The predicted molar refractivity (Wildman–Crippen MR) is 122 cm³/mol. The number of hydrogen-bond acceptors (Lipinski definition) is 4. The smallest absolute Gasteiger partial charge is 0.131 e. The minimum atomic E-state index is 0.442. The Labute approximate surface area is 173 Å². The summed E-state index contributed by atoms with van der Waals surface area (Å²) in [5.74, 6) is 5.98. The predicted octanol–water partition coefficient (Wildman–Crippen LogP) is 5.38. The Balaban J connectivity index is 0.000000422. The number of aliphatic imine (C=N–C) groups is 1. The third-order valence-corrected chi connectivity index (χ3v) is 4.35. The van der Waals surface area contributed by atoms with E-state index in [1.165, 1.54) is 32.0 Å².